The minimum atomic E-state index is -1.00. The molecule has 1 aromatic carbocycles. The molecule has 124 valence electrons. The van der Waals surface area contributed by atoms with Crippen molar-refractivity contribution < 1.29 is 23.7 Å². The first kappa shape index (κ1) is 15.5. The number of nitro groups is 1. The van der Waals surface area contributed by atoms with Gasteiger partial charge in [0.05, 0.1) is 16.9 Å². The molecule has 9 nitrogen and oxygen atoms in total. The number of hydrogen-bond acceptors (Lipinski definition) is 6. The molecule has 2 amide bonds. The molecule has 0 bridgehead atoms. The minimum Gasteiger partial charge on any atom is -0.459 e. The molecule has 2 N–H and O–H groups in total. The van der Waals surface area contributed by atoms with Gasteiger partial charge in [0.2, 0.25) is 0 Å². The molecule has 0 saturated heterocycles. The number of carbonyl (C=O) groups excluding carboxylic acids is 2. The third kappa shape index (κ3) is 2.67. The maximum Gasteiger partial charge on any atom is 0.412 e. The molecule has 0 atom stereocenters. The average Bonchev–Trinajstić information content (AvgIpc) is 3.00. The number of nitrogens with zero attached hydrogens (tertiary/aromatic N) is 1. The Kier molecular flexibility index (Phi) is 3.48. The Morgan fingerprint density at radius 1 is 1.38 bits per heavy atom. The lowest BCUT2D eigenvalue weighted by Crippen LogP contribution is -2.35. The highest BCUT2D eigenvalue weighted by atomic mass is 16.6. The van der Waals surface area contributed by atoms with Crippen LogP contribution in [0.1, 0.15) is 30.0 Å². The Labute approximate surface area is 135 Å². The van der Waals surface area contributed by atoms with E-state index in [0.717, 1.165) is 0 Å². The topological polar surface area (TPSA) is 124 Å². The summed E-state index contributed by atoms with van der Waals surface area (Å²) >= 11 is 0. The molecule has 2 aromatic rings. The van der Waals surface area contributed by atoms with Crippen molar-refractivity contribution in [2.24, 2.45) is 0 Å². The molecule has 1 aromatic heterocycles. The van der Waals surface area contributed by atoms with Crippen LogP contribution in [-0.2, 0) is 10.3 Å². The van der Waals surface area contributed by atoms with E-state index in [1.807, 2.05) is 0 Å². The van der Waals surface area contributed by atoms with Gasteiger partial charge in [-0.15, -0.1) is 0 Å². The molecule has 1 aliphatic rings. The molecule has 0 unspecified atom stereocenters. The zero-order valence-corrected chi connectivity index (χ0v) is 12.8. The van der Waals surface area contributed by atoms with Crippen molar-refractivity contribution in [1.29, 1.82) is 0 Å². The number of nitro benzene ring substituents is 1. The molecule has 0 saturated carbocycles. The number of benzene rings is 1. The van der Waals surface area contributed by atoms with Gasteiger partial charge in [-0.05, 0) is 32.0 Å². The van der Waals surface area contributed by atoms with E-state index in [1.165, 1.54) is 30.5 Å². The lowest BCUT2D eigenvalue weighted by molar-refractivity contribution is -0.383. The fourth-order valence-corrected chi connectivity index (χ4v) is 2.45. The van der Waals surface area contributed by atoms with E-state index < -0.39 is 22.5 Å². The van der Waals surface area contributed by atoms with Crippen molar-refractivity contribution in [3.63, 3.8) is 0 Å². The number of amides is 2. The summed E-state index contributed by atoms with van der Waals surface area (Å²) in [5.41, 5.74) is -0.613. The standard InChI is InChI=1S/C15H13N3O6/c1-15(2)8-6-10(16-13(19)12-4-3-5-23-12)11(18(21)22)7-9(8)17-14(20)24-15/h3-7H,1-2H3,(H,16,19)(H,17,20). The second-order valence-corrected chi connectivity index (χ2v) is 5.63. The Hall–Kier alpha value is -3.36. The number of fused-ring (bicyclic) bond motifs is 1. The Morgan fingerprint density at radius 3 is 2.75 bits per heavy atom. The van der Waals surface area contributed by atoms with Crippen molar-refractivity contribution in [2.45, 2.75) is 19.4 Å². The quantitative estimate of drug-likeness (QED) is 0.657. The van der Waals surface area contributed by atoms with Gasteiger partial charge in [0.15, 0.2) is 5.76 Å². The summed E-state index contributed by atoms with van der Waals surface area (Å²) in [5, 5.41) is 16.2. The number of ether oxygens (including phenoxy) is 1. The highest BCUT2D eigenvalue weighted by Crippen LogP contribution is 2.41. The molecule has 9 heteroatoms. The smallest absolute Gasteiger partial charge is 0.412 e. The zero-order chi connectivity index (χ0) is 17.5. The maximum absolute atomic E-state index is 12.1. The lowest BCUT2D eigenvalue weighted by atomic mass is 9.93. The molecule has 0 aliphatic carbocycles. The van der Waals surface area contributed by atoms with Crippen molar-refractivity contribution in [3.8, 4) is 0 Å². The Morgan fingerprint density at radius 2 is 2.12 bits per heavy atom. The van der Waals surface area contributed by atoms with Crippen LogP contribution in [-0.4, -0.2) is 16.9 Å². The van der Waals surface area contributed by atoms with Crippen molar-refractivity contribution in [3.05, 3.63) is 52.0 Å². The van der Waals surface area contributed by atoms with Gasteiger partial charge < -0.3 is 14.5 Å². The zero-order valence-electron chi connectivity index (χ0n) is 12.8. The van der Waals surface area contributed by atoms with Gasteiger partial charge >= 0.3 is 6.09 Å². The highest BCUT2D eigenvalue weighted by molar-refractivity contribution is 6.04. The molecule has 1 aliphatic heterocycles. The number of furan rings is 1. The summed E-state index contributed by atoms with van der Waals surface area (Å²) < 4.78 is 10.2. The monoisotopic (exact) mass is 331 g/mol. The van der Waals surface area contributed by atoms with Gasteiger partial charge in [-0.3, -0.25) is 20.2 Å². The average molecular weight is 331 g/mol. The molecule has 0 fully saturated rings. The van der Waals surface area contributed by atoms with Crippen LogP contribution in [0.4, 0.5) is 21.9 Å². The molecular weight excluding hydrogens is 318 g/mol. The Balaban J connectivity index is 2.07. The number of anilines is 2. The molecule has 2 heterocycles. The van der Waals surface area contributed by atoms with Crippen LogP contribution in [0.5, 0.6) is 0 Å². The van der Waals surface area contributed by atoms with E-state index in [-0.39, 0.29) is 22.8 Å². The second-order valence-electron chi connectivity index (χ2n) is 5.63. The SMILES string of the molecule is CC1(C)OC(=O)Nc2cc([N+](=O)[O-])c(NC(=O)c3ccco3)cc21. The maximum atomic E-state index is 12.1. The van der Waals surface area contributed by atoms with Crippen LogP contribution in [0.15, 0.2) is 34.9 Å². The van der Waals surface area contributed by atoms with Gasteiger partial charge in [0.1, 0.15) is 11.3 Å². The van der Waals surface area contributed by atoms with E-state index in [1.54, 1.807) is 13.8 Å². The van der Waals surface area contributed by atoms with Crippen LogP contribution < -0.4 is 10.6 Å². The predicted octanol–water partition coefficient (Wildman–Crippen LogP) is 3.24. The first-order chi connectivity index (χ1) is 11.3. The summed E-state index contributed by atoms with van der Waals surface area (Å²) in [6.07, 6.45) is 0.622. The highest BCUT2D eigenvalue weighted by Gasteiger charge is 2.36. The molecule has 24 heavy (non-hydrogen) atoms. The lowest BCUT2D eigenvalue weighted by Gasteiger charge is -2.32. The fourth-order valence-electron chi connectivity index (χ4n) is 2.45. The largest absolute Gasteiger partial charge is 0.459 e. The van der Waals surface area contributed by atoms with Crippen molar-refractivity contribution >= 4 is 29.1 Å². The van der Waals surface area contributed by atoms with E-state index in [9.17, 15) is 19.7 Å². The molecule has 0 radical (unpaired) electrons. The first-order valence-corrected chi connectivity index (χ1v) is 6.96. The third-order valence-electron chi connectivity index (χ3n) is 3.56. The number of cyclic esters (lactones) is 1. The number of nitrogens with one attached hydrogen (secondary N) is 2. The summed E-state index contributed by atoms with van der Waals surface area (Å²) in [7, 11) is 0. The van der Waals surface area contributed by atoms with Gasteiger partial charge in [-0.2, -0.15) is 0 Å². The van der Waals surface area contributed by atoms with Crippen LogP contribution in [0.25, 0.3) is 0 Å². The van der Waals surface area contributed by atoms with Gasteiger partial charge in [-0.1, -0.05) is 0 Å². The van der Waals surface area contributed by atoms with Crippen molar-refractivity contribution in [1.82, 2.24) is 0 Å². The predicted molar refractivity (Wildman–Crippen MR) is 82.9 cm³/mol. The van der Waals surface area contributed by atoms with Crippen LogP contribution in [0.3, 0.4) is 0 Å². The second kappa shape index (κ2) is 5.37. The molecular formula is C15H13N3O6. The van der Waals surface area contributed by atoms with E-state index in [0.29, 0.717) is 5.56 Å². The van der Waals surface area contributed by atoms with Crippen LogP contribution >= 0.6 is 0 Å². The summed E-state index contributed by atoms with van der Waals surface area (Å²) in [5.74, 6) is -0.604. The number of hydrogen-bond donors (Lipinski definition) is 2. The summed E-state index contributed by atoms with van der Waals surface area (Å²) in [4.78, 5) is 34.3. The van der Waals surface area contributed by atoms with Crippen LogP contribution in [0, 0.1) is 10.1 Å². The Bertz CT molecular complexity index is 841. The number of rotatable bonds is 3. The fraction of sp³-hybridized carbons (Fsp3) is 0.200. The molecule has 0 spiro atoms. The van der Waals surface area contributed by atoms with E-state index in [4.69, 9.17) is 9.15 Å². The third-order valence-corrected chi connectivity index (χ3v) is 3.56. The van der Waals surface area contributed by atoms with Crippen LogP contribution in [0.2, 0.25) is 0 Å². The number of carbonyl (C=O) groups is 2. The van der Waals surface area contributed by atoms with E-state index in [2.05, 4.69) is 10.6 Å². The van der Waals surface area contributed by atoms with Crippen molar-refractivity contribution in [2.75, 3.05) is 10.6 Å². The summed E-state index contributed by atoms with van der Waals surface area (Å²) in [6.45, 7) is 3.29. The van der Waals surface area contributed by atoms with Gasteiger partial charge in [-0.25, -0.2) is 4.79 Å². The molecule has 3 rings (SSSR count). The first-order valence-electron chi connectivity index (χ1n) is 6.96. The summed E-state index contributed by atoms with van der Waals surface area (Å²) in [6, 6.07) is 5.57. The van der Waals surface area contributed by atoms with Gasteiger partial charge in [0.25, 0.3) is 11.6 Å². The minimum absolute atomic E-state index is 0.0193. The van der Waals surface area contributed by atoms with Gasteiger partial charge in [0, 0.05) is 11.6 Å². The normalized spacial score (nSPS) is 15.0. The van der Waals surface area contributed by atoms with E-state index >= 15 is 0 Å².